The molecule has 0 unspecified atom stereocenters. The average Bonchev–Trinajstić information content (AvgIpc) is 3.03. The molecule has 3 aromatic rings. The first kappa shape index (κ1) is 17.9. The maximum Gasteiger partial charge on any atom is 0.586 e. The van der Waals surface area contributed by atoms with E-state index in [0.717, 1.165) is 42.5 Å². The van der Waals surface area contributed by atoms with Gasteiger partial charge in [-0.2, -0.15) is 0 Å². The van der Waals surface area contributed by atoms with Crippen LogP contribution in [-0.2, 0) is 0 Å². The van der Waals surface area contributed by atoms with E-state index in [0.29, 0.717) is 11.5 Å². The molecule has 2 aromatic carbocycles. The number of nitrogens with one attached hydrogen (secondary N) is 2. The topological polar surface area (TPSA) is 64.6 Å². The van der Waals surface area contributed by atoms with Gasteiger partial charge in [0, 0.05) is 11.6 Å². The quantitative estimate of drug-likeness (QED) is 0.677. The van der Waals surface area contributed by atoms with Crippen LogP contribution < -0.4 is 24.8 Å². The summed E-state index contributed by atoms with van der Waals surface area (Å²) in [4.78, 5) is 4.37. The van der Waals surface area contributed by atoms with Gasteiger partial charge in [-0.1, -0.05) is 6.07 Å². The fraction of sp³-hybridized carbons (Fsp3) is 0.286. The van der Waals surface area contributed by atoms with E-state index in [1.165, 1.54) is 6.07 Å². The van der Waals surface area contributed by atoms with Crippen LogP contribution >= 0.6 is 0 Å². The molecule has 2 aliphatic heterocycles. The van der Waals surface area contributed by atoms with Crippen molar-refractivity contribution in [3.8, 4) is 17.2 Å². The van der Waals surface area contributed by atoms with Gasteiger partial charge in [0.25, 0.3) is 0 Å². The second-order valence-corrected chi connectivity index (χ2v) is 7.07. The summed E-state index contributed by atoms with van der Waals surface area (Å²) in [6, 6.07) is 12.4. The van der Waals surface area contributed by atoms with Gasteiger partial charge in [0.05, 0.1) is 5.69 Å². The van der Waals surface area contributed by atoms with E-state index >= 15 is 0 Å². The smallest absolute Gasteiger partial charge is 0.490 e. The van der Waals surface area contributed by atoms with Gasteiger partial charge < -0.3 is 24.8 Å². The minimum absolute atomic E-state index is 0.0153. The molecule has 6 nitrogen and oxygen atoms in total. The van der Waals surface area contributed by atoms with Crippen LogP contribution in [0.4, 0.5) is 20.3 Å². The Bertz CT molecular complexity index is 1050. The number of alkyl halides is 2. The number of hydrogen-bond donors (Lipinski definition) is 2. The molecular formula is C21H19F2N3O3. The number of nitrogens with zero attached hydrogens (tertiary/aromatic N) is 1. The lowest BCUT2D eigenvalue weighted by molar-refractivity contribution is -0.286. The Kier molecular flexibility index (Phi) is 4.35. The lowest BCUT2D eigenvalue weighted by atomic mass is 10.1. The van der Waals surface area contributed by atoms with Gasteiger partial charge in [0.15, 0.2) is 11.5 Å². The summed E-state index contributed by atoms with van der Waals surface area (Å²) >= 11 is 0. The molecule has 0 spiro atoms. The maximum atomic E-state index is 13.4. The first-order valence-electron chi connectivity index (χ1n) is 9.49. The number of ether oxygens (including phenoxy) is 3. The number of halogens is 2. The number of piperidine rings is 1. The van der Waals surface area contributed by atoms with E-state index in [-0.39, 0.29) is 17.6 Å². The number of anilines is 2. The van der Waals surface area contributed by atoms with Crippen molar-refractivity contribution in [3.05, 3.63) is 48.7 Å². The molecule has 5 rings (SSSR count). The normalized spacial score (nSPS) is 18.0. The molecule has 150 valence electrons. The van der Waals surface area contributed by atoms with E-state index in [2.05, 4.69) is 25.1 Å². The minimum atomic E-state index is -3.67. The third-order valence-electron chi connectivity index (χ3n) is 4.97. The van der Waals surface area contributed by atoms with Crippen LogP contribution in [-0.4, -0.2) is 30.5 Å². The zero-order valence-electron chi connectivity index (χ0n) is 15.5. The van der Waals surface area contributed by atoms with Gasteiger partial charge in [0.1, 0.15) is 17.7 Å². The summed E-state index contributed by atoms with van der Waals surface area (Å²) in [7, 11) is 0. The Balaban J connectivity index is 1.39. The predicted octanol–water partition coefficient (Wildman–Crippen LogP) is 4.43. The standard InChI is InChI=1S/C21H19F2N3O3/c22-21(23)28-18-3-1-2-17(20(18)29-21)26-19-11-14-10-16(5-4-13(14)12-25-19)27-15-6-8-24-9-7-15/h1-5,10-12,15,24H,6-9H2,(H,25,26). The van der Waals surface area contributed by atoms with Crippen LogP contribution in [0.5, 0.6) is 17.2 Å². The summed E-state index contributed by atoms with van der Waals surface area (Å²) in [5, 5.41) is 8.25. The first-order valence-corrected chi connectivity index (χ1v) is 9.49. The van der Waals surface area contributed by atoms with Gasteiger partial charge in [-0.15, -0.1) is 8.78 Å². The Morgan fingerprint density at radius 3 is 2.79 bits per heavy atom. The Labute approximate surface area is 165 Å². The largest absolute Gasteiger partial charge is 0.586 e. The Morgan fingerprint density at radius 2 is 1.93 bits per heavy atom. The molecule has 8 heteroatoms. The number of rotatable bonds is 4. The molecule has 2 aliphatic rings. The molecule has 0 saturated carbocycles. The third-order valence-corrected chi connectivity index (χ3v) is 4.97. The van der Waals surface area contributed by atoms with E-state index in [1.807, 2.05) is 24.3 Å². The van der Waals surface area contributed by atoms with Gasteiger partial charge in [0.2, 0.25) is 0 Å². The zero-order chi connectivity index (χ0) is 19.8. The summed E-state index contributed by atoms with van der Waals surface area (Å²) in [5.74, 6) is 1.25. The summed E-state index contributed by atoms with van der Waals surface area (Å²) in [6.07, 6.45) is 0.220. The van der Waals surface area contributed by atoms with Crippen LogP contribution in [0.15, 0.2) is 48.7 Å². The third kappa shape index (κ3) is 3.75. The number of benzene rings is 2. The van der Waals surface area contributed by atoms with Crippen molar-refractivity contribution in [2.45, 2.75) is 25.2 Å². The number of fused-ring (bicyclic) bond motifs is 2. The van der Waals surface area contributed by atoms with Gasteiger partial charge in [-0.05, 0) is 67.7 Å². The molecule has 1 saturated heterocycles. The number of aromatic nitrogens is 1. The molecule has 0 radical (unpaired) electrons. The van der Waals surface area contributed by atoms with Gasteiger partial charge in [-0.3, -0.25) is 0 Å². The van der Waals surface area contributed by atoms with Crippen molar-refractivity contribution >= 4 is 22.3 Å². The fourth-order valence-electron chi connectivity index (χ4n) is 3.57. The predicted molar refractivity (Wildman–Crippen MR) is 104 cm³/mol. The molecule has 0 bridgehead atoms. The van der Waals surface area contributed by atoms with Crippen molar-refractivity contribution in [1.29, 1.82) is 0 Å². The average molecular weight is 399 g/mol. The van der Waals surface area contributed by atoms with Gasteiger partial charge in [-0.25, -0.2) is 4.98 Å². The second-order valence-electron chi connectivity index (χ2n) is 7.07. The molecule has 0 amide bonds. The van der Waals surface area contributed by atoms with E-state index in [1.54, 1.807) is 18.3 Å². The molecule has 1 aromatic heterocycles. The van der Waals surface area contributed by atoms with Crippen LogP contribution in [0.1, 0.15) is 12.8 Å². The van der Waals surface area contributed by atoms with E-state index in [9.17, 15) is 8.78 Å². The molecule has 29 heavy (non-hydrogen) atoms. The first-order chi connectivity index (χ1) is 14.1. The number of para-hydroxylation sites is 1. The summed E-state index contributed by atoms with van der Waals surface area (Å²) < 4.78 is 42.0. The highest BCUT2D eigenvalue weighted by molar-refractivity contribution is 5.86. The Hall–Kier alpha value is -3.13. The SMILES string of the molecule is FC1(F)Oc2cccc(Nc3cc4cc(OC5CCNCC5)ccc4cn3)c2O1. The van der Waals surface area contributed by atoms with Crippen LogP contribution in [0.25, 0.3) is 10.8 Å². The second kappa shape index (κ2) is 7.04. The highest BCUT2D eigenvalue weighted by Gasteiger charge is 2.44. The van der Waals surface area contributed by atoms with Crippen LogP contribution in [0.2, 0.25) is 0 Å². The Morgan fingerprint density at radius 1 is 1.07 bits per heavy atom. The molecule has 0 aliphatic carbocycles. The molecule has 2 N–H and O–H groups in total. The molecule has 3 heterocycles. The summed E-state index contributed by atoms with van der Waals surface area (Å²) in [5.41, 5.74) is 0.355. The lowest BCUT2D eigenvalue weighted by Gasteiger charge is -2.24. The summed E-state index contributed by atoms with van der Waals surface area (Å²) in [6.45, 7) is 1.92. The highest BCUT2D eigenvalue weighted by Crippen LogP contribution is 2.46. The molecule has 0 atom stereocenters. The molecular weight excluding hydrogens is 380 g/mol. The number of hydrogen-bond acceptors (Lipinski definition) is 6. The number of pyridine rings is 1. The van der Waals surface area contributed by atoms with Gasteiger partial charge >= 0.3 is 6.29 Å². The van der Waals surface area contributed by atoms with Crippen LogP contribution in [0.3, 0.4) is 0 Å². The van der Waals surface area contributed by atoms with Crippen molar-refractivity contribution in [3.63, 3.8) is 0 Å². The van der Waals surface area contributed by atoms with E-state index < -0.39 is 6.29 Å². The van der Waals surface area contributed by atoms with E-state index in [4.69, 9.17) is 4.74 Å². The zero-order valence-corrected chi connectivity index (χ0v) is 15.5. The minimum Gasteiger partial charge on any atom is -0.490 e. The van der Waals surface area contributed by atoms with Crippen molar-refractivity contribution < 1.29 is 23.0 Å². The maximum absolute atomic E-state index is 13.4. The lowest BCUT2D eigenvalue weighted by Crippen LogP contribution is -2.34. The van der Waals surface area contributed by atoms with Crippen molar-refractivity contribution in [2.75, 3.05) is 18.4 Å². The highest BCUT2D eigenvalue weighted by atomic mass is 19.3. The monoisotopic (exact) mass is 399 g/mol. The molecule has 1 fully saturated rings. The fourth-order valence-corrected chi connectivity index (χ4v) is 3.57. The van der Waals surface area contributed by atoms with Crippen molar-refractivity contribution in [2.24, 2.45) is 0 Å². The van der Waals surface area contributed by atoms with Crippen LogP contribution in [0, 0.1) is 0 Å². The van der Waals surface area contributed by atoms with Crippen molar-refractivity contribution in [1.82, 2.24) is 10.3 Å².